The predicted octanol–water partition coefficient (Wildman–Crippen LogP) is 15.5. The van der Waals surface area contributed by atoms with Crippen LogP contribution in [0.5, 0.6) is 0 Å². The van der Waals surface area contributed by atoms with Gasteiger partial charge in [-0.1, -0.05) is 194 Å². The summed E-state index contributed by atoms with van der Waals surface area (Å²) in [6.45, 7) is 0. The second-order valence-corrected chi connectivity index (χ2v) is 17.1. The quantitative estimate of drug-likeness (QED) is 0.160. The van der Waals surface area contributed by atoms with Gasteiger partial charge in [-0.3, -0.25) is 0 Å². The van der Waals surface area contributed by atoms with Crippen molar-refractivity contribution >= 4 is 31.5 Å². The molecule has 9 aromatic carbocycles. The Bertz CT molecular complexity index is 3430. The molecule has 62 heavy (non-hydrogen) atoms. The number of thiophene rings is 1. The van der Waals surface area contributed by atoms with E-state index in [0.29, 0.717) is 5.82 Å². The van der Waals surface area contributed by atoms with Crippen LogP contribution in [0.15, 0.2) is 231 Å². The van der Waals surface area contributed by atoms with Gasteiger partial charge in [0.1, 0.15) is 0 Å². The Morgan fingerprint density at radius 3 is 1.65 bits per heavy atom. The van der Waals surface area contributed by atoms with E-state index >= 15 is 0 Å². The van der Waals surface area contributed by atoms with E-state index in [1.54, 1.807) is 0 Å². The molecule has 1 aliphatic rings. The molecule has 0 N–H and O–H groups in total. The van der Waals surface area contributed by atoms with Gasteiger partial charge in [0, 0.05) is 36.9 Å². The van der Waals surface area contributed by atoms with E-state index in [-0.39, 0.29) is 0 Å². The lowest BCUT2D eigenvalue weighted by Crippen LogP contribution is -2.28. The molecule has 2 nitrogen and oxygen atoms in total. The molecule has 0 spiro atoms. The van der Waals surface area contributed by atoms with Gasteiger partial charge in [0.05, 0.1) is 16.8 Å². The molecule has 290 valence electrons. The number of nitrogens with zero attached hydrogens (tertiary/aromatic N) is 2. The maximum Gasteiger partial charge on any atom is 0.160 e. The van der Waals surface area contributed by atoms with Gasteiger partial charge in [0.25, 0.3) is 0 Å². The Morgan fingerprint density at radius 1 is 0.306 bits per heavy atom. The van der Waals surface area contributed by atoms with Crippen molar-refractivity contribution in [3.05, 3.63) is 253 Å². The van der Waals surface area contributed by atoms with Crippen molar-refractivity contribution in [1.82, 2.24) is 9.97 Å². The second kappa shape index (κ2) is 14.8. The van der Waals surface area contributed by atoms with Crippen LogP contribution >= 0.6 is 11.3 Å². The first-order valence-corrected chi connectivity index (χ1v) is 22.0. The van der Waals surface area contributed by atoms with Crippen molar-refractivity contribution in [2.24, 2.45) is 0 Å². The Balaban J connectivity index is 1.01. The number of hydrogen-bond donors (Lipinski definition) is 0. The van der Waals surface area contributed by atoms with Crippen molar-refractivity contribution < 1.29 is 0 Å². The predicted molar refractivity (Wildman–Crippen MR) is 259 cm³/mol. The molecular formula is C59H38N2S. The van der Waals surface area contributed by atoms with E-state index < -0.39 is 5.41 Å². The van der Waals surface area contributed by atoms with Crippen LogP contribution in [0.4, 0.5) is 0 Å². The molecule has 0 amide bonds. The van der Waals surface area contributed by atoms with E-state index in [9.17, 15) is 0 Å². The molecule has 12 rings (SSSR count). The minimum Gasteiger partial charge on any atom is -0.228 e. The normalized spacial score (nSPS) is 12.6. The Morgan fingerprint density at radius 2 is 0.855 bits per heavy atom. The SMILES string of the molecule is c1ccc(-c2nc(-c3cccc(-c4ccc5sc6ccccc6c5c4)c3)cc(-c3ccccc3-c3cccc(C4(c5ccccc5)c5ccccc5-c5ccccc54)c3)n2)cc1. The summed E-state index contributed by atoms with van der Waals surface area (Å²) >= 11 is 1.85. The van der Waals surface area contributed by atoms with Crippen LogP contribution in [-0.4, -0.2) is 9.97 Å². The van der Waals surface area contributed by atoms with Gasteiger partial charge in [-0.25, -0.2) is 9.97 Å². The lowest BCUT2D eigenvalue weighted by Gasteiger charge is -2.34. The fourth-order valence-electron chi connectivity index (χ4n) is 9.80. The zero-order valence-corrected chi connectivity index (χ0v) is 34.6. The number of fused-ring (bicyclic) bond motifs is 6. The van der Waals surface area contributed by atoms with Crippen LogP contribution in [0, 0.1) is 0 Å². The molecule has 2 heterocycles. The molecule has 0 unspecified atom stereocenters. The van der Waals surface area contributed by atoms with E-state index in [0.717, 1.165) is 44.8 Å². The molecule has 0 atom stereocenters. The largest absolute Gasteiger partial charge is 0.228 e. The van der Waals surface area contributed by atoms with Crippen LogP contribution in [0.25, 0.3) is 87.5 Å². The third kappa shape index (κ3) is 5.85. The molecule has 0 saturated heterocycles. The summed E-state index contributed by atoms with van der Waals surface area (Å²) in [5, 5.41) is 2.59. The van der Waals surface area contributed by atoms with Crippen LogP contribution in [0.1, 0.15) is 22.3 Å². The van der Waals surface area contributed by atoms with Gasteiger partial charge in [-0.15, -0.1) is 11.3 Å². The highest BCUT2D eigenvalue weighted by Gasteiger charge is 2.45. The third-order valence-corrected chi connectivity index (χ3v) is 13.7. The average Bonchev–Trinajstić information content (AvgIpc) is 3.88. The lowest BCUT2D eigenvalue weighted by molar-refractivity contribution is 0.769. The molecule has 0 saturated carbocycles. The molecule has 1 aliphatic carbocycles. The zero-order chi connectivity index (χ0) is 41.0. The van der Waals surface area contributed by atoms with Crippen molar-refractivity contribution in [2.75, 3.05) is 0 Å². The summed E-state index contributed by atoms with van der Waals surface area (Å²) in [7, 11) is 0. The number of benzene rings is 9. The lowest BCUT2D eigenvalue weighted by atomic mass is 9.67. The highest BCUT2D eigenvalue weighted by Crippen LogP contribution is 2.56. The van der Waals surface area contributed by atoms with Crippen molar-refractivity contribution in [1.29, 1.82) is 0 Å². The molecule has 0 bridgehead atoms. The fourth-order valence-corrected chi connectivity index (χ4v) is 10.9. The maximum absolute atomic E-state index is 5.33. The van der Waals surface area contributed by atoms with Crippen molar-refractivity contribution in [3.8, 4) is 67.3 Å². The van der Waals surface area contributed by atoms with Gasteiger partial charge >= 0.3 is 0 Å². The molecular weight excluding hydrogens is 769 g/mol. The third-order valence-electron chi connectivity index (χ3n) is 12.6. The maximum atomic E-state index is 5.33. The van der Waals surface area contributed by atoms with Gasteiger partial charge in [0.15, 0.2) is 5.82 Å². The highest BCUT2D eigenvalue weighted by atomic mass is 32.1. The van der Waals surface area contributed by atoms with Gasteiger partial charge in [-0.2, -0.15) is 0 Å². The second-order valence-electron chi connectivity index (χ2n) is 16.1. The van der Waals surface area contributed by atoms with Gasteiger partial charge in [-0.05, 0) is 92.0 Å². The monoisotopic (exact) mass is 806 g/mol. The first-order valence-electron chi connectivity index (χ1n) is 21.1. The fraction of sp³-hybridized carbons (Fsp3) is 0.0169. The van der Waals surface area contributed by atoms with E-state index in [2.05, 4.69) is 224 Å². The smallest absolute Gasteiger partial charge is 0.160 e. The Kier molecular flexibility index (Phi) is 8.62. The summed E-state index contributed by atoms with van der Waals surface area (Å²) in [5.41, 5.74) is 16.6. The minimum absolute atomic E-state index is 0.492. The topological polar surface area (TPSA) is 25.8 Å². The van der Waals surface area contributed by atoms with Gasteiger partial charge in [0.2, 0.25) is 0 Å². The van der Waals surface area contributed by atoms with E-state index in [1.165, 1.54) is 59.1 Å². The first-order chi connectivity index (χ1) is 30.7. The summed E-state index contributed by atoms with van der Waals surface area (Å²) in [5.74, 6) is 0.695. The Labute approximate surface area is 365 Å². The zero-order valence-electron chi connectivity index (χ0n) is 33.7. The molecule has 0 fully saturated rings. The molecule has 2 aromatic heterocycles. The molecule has 0 aliphatic heterocycles. The van der Waals surface area contributed by atoms with Crippen LogP contribution in [-0.2, 0) is 5.41 Å². The van der Waals surface area contributed by atoms with Crippen molar-refractivity contribution in [2.45, 2.75) is 5.41 Å². The minimum atomic E-state index is -0.492. The van der Waals surface area contributed by atoms with Crippen molar-refractivity contribution in [3.63, 3.8) is 0 Å². The van der Waals surface area contributed by atoms with Crippen LogP contribution in [0.2, 0.25) is 0 Å². The van der Waals surface area contributed by atoms with Crippen LogP contribution in [0.3, 0.4) is 0 Å². The van der Waals surface area contributed by atoms with Gasteiger partial charge < -0.3 is 0 Å². The average molecular weight is 807 g/mol. The van der Waals surface area contributed by atoms with E-state index in [4.69, 9.17) is 9.97 Å². The number of rotatable bonds is 7. The summed E-state index contributed by atoms with van der Waals surface area (Å²) in [4.78, 5) is 10.6. The summed E-state index contributed by atoms with van der Waals surface area (Å²) in [6, 6.07) is 83.5. The molecule has 11 aromatic rings. The molecule has 3 heteroatoms. The summed E-state index contributed by atoms with van der Waals surface area (Å²) in [6.07, 6.45) is 0. The van der Waals surface area contributed by atoms with Crippen LogP contribution < -0.4 is 0 Å². The standard InChI is InChI=1S/C59H38N2S/c1-3-17-39(18-4-1)58-60-54(43-21-15-19-40(35-43)41-33-34-57-51(37-41)50-29-11-14-32-56(50)62-57)38-55(61-58)49-28-8-7-25-46(49)42-20-16-24-45(36-42)59(44-22-5-2-6-23-44)52-30-12-9-26-47(52)48-27-10-13-31-53(48)59/h1-38H. The highest BCUT2D eigenvalue weighted by molar-refractivity contribution is 7.25. The van der Waals surface area contributed by atoms with E-state index in [1.807, 2.05) is 17.4 Å². The Hall–Kier alpha value is -7.72. The first kappa shape index (κ1) is 36.2. The summed E-state index contributed by atoms with van der Waals surface area (Å²) < 4.78 is 2.61. The number of hydrogen-bond acceptors (Lipinski definition) is 3. The molecule has 0 radical (unpaired) electrons. The number of aromatic nitrogens is 2.